The van der Waals surface area contributed by atoms with E-state index in [0.717, 1.165) is 24.8 Å². The van der Waals surface area contributed by atoms with Gasteiger partial charge in [-0.15, -0.1) is 0 Å². The minimum Gasteiger partial charge on any atom is -0.445 e. The summed E-state index contributed by atoms with van der Waals surface area (Å²) in [6, 6.07) is 9.11. The van der Waals surface area contributed by atoms with Crippen molar-refractivity contribution in [1.29, 1.82) is 0 Å². The average molecular weight is 427 g/mol. The van der Waals surface area contributed by atoms with Crippen LogP contribution in [0.4, 0.5) is 4.79 Å². The molecule has 2 heterocycles. The van der Waals surface area contributed by atoms with Gasteiger partial charge in [-0.3, -0.25) is 13.9 Å². The van der Waals surface area contributed by atoms with E-state index in [4.69, 9.17) is 13.8 Å². The van der Waals surface area contributed by atoms with Crippen molar-refractivity contribution in [2.24, 2.45) is 0 Å². The zero-order chi connectivity index (χ0) is 21.2. The third-order valence-corrected chi connectivity index (χ3v) is 5.73. The molecule has 9 heteroatoms. The van der Waals surface area contributed by atoms with Crippen LogP contribution < -0.4 is 0 Å². The Labute approximate surface area is 172 Å². The summed E-state index contributed by atoms with van der Waals surface area (Å²) in [6.07, 6.45) is 0.826. The Morgan fingerprint density at radius 2 is 1.93 bits per heavy atom. The van der Waals surface area contributed by atoms with Crippen molar-refractivity contribution in [1.82, 2.24) is 9.96 Å². The monoisotopic (exact) mass is 426 g/mol. The van der Waals surface area contributed by atoms with Gasteiger partial charge in [-0.2, -0.15) is 13.5 Å². The Hall–Kier alpha value is -1.68. The van der Waals surface area contributed by atoms with Gasteiger partial charge in [-0.1, -0.05) is 30.3 Å². The fraction of sp³-hybridized carbons (Fsp3) is 0.650. The zero-order valence-corrected chi connectivity index (χ0v) is 18.2. The minimum atomic E-state index is -3.62. The maximum atomic E-state index is 12.8. The van der Waals surface area contributed by atoms with Gasteiger partial charge in [0.05, 0.1) is 24.9 Å². The Kier molecular flexibility index (Phi) is 6.52. The normalized spacial score (nSPS) is 26.1. The van der Waals surface area contributed by atoms with Crippen LogP contribution in [-0.2, 0) is 30.5 Å². The number of carbonyl (C=O) groups is 1. The molecule has 1 aromatic carbocycles. The summed E-state index contributed by atoms with van der Waals surface area (Å²) in [7, 11) is -3.62. The molecule has 0 radical (unpaired) electrons. The first-order valence-corrected chi connectivity index (χ1v) is 11.6. The number of hydrogen-bond acceptors (Lipinski definition) is 7. The van der Waals surface area contributed by atoms with Crippen molar-refractivity contribution in [3.8, 4) is 0 Å². The van der Waals surface area contributed by atoms with Crippen LogP contribution in [0.5, 0.6) is 0 Å². The maximum absolute atomic E-state index is 12.8. The van der Waals surface area contributed by atoms with E-state index in [0.29, 0.717) is 6.42 Å². The van der Waals surface area contributed by atoms with Gasteiger partial charge in [0.1, 0.15) is 12.7 Å². The molecular formula is C20H30N2O6S. The lowest BCUT2D eigenvalue weighted by molar-refractivity contribution is -0.204. The van der Waals surface area contributed by atoms with Crippen LogP contribution in [0, 0.1) is 0 Å². The standard InChI is InChI=1S/C20H30N2O6S/c1-20(2,3)22-11-10-18(27-22)17-12-16(28-29(4,24)25)13-21(17)19(23)26-14-15-8-6-5-7-9-15/h5-9,16-18H,10-14H2,1-4H3/t16-,17+,18-/m1/s1. The number of amides is 1. The Balaban J connectivity index is 1.70. The van der Waals surface area contributed by atoms with Gasteiger partial charge in [-0.25, -0.2) is 4.79 Å². The van der Waals surface area contributed by atoms with Crippen molar-refractivity contribution < 1.29 is 27.0 Å². The van der Waals surface area contributed by atoms with Crippen molar-refractivity contribution in [3.63, 3.8) is 0 Å². The summed E-state index contributed by atoms with van der Waals surface area (Å²) in [5.74, 6) is 0. The lowest BCUT2D eigenvalue weighted by Crippen LogP contribution is -2.45. The Bertz CT molecular complexity index is 808. The van der Waals surface area contributed by atoms with Crippen LogP contribution in [0.3, 0.4) is 0 Å². The van der Waals surface area contributed by atoms with E-state index < -0.39 is 22.3 Å². The molecule has 2 aliphatic rings. The molecular weight excluding hydrogens is 396 g/mol. The number of benzene rings is 1. The predicted octanol–water partition coefficient (Wildman–Crippen LogP) is 2.55. The fourth-order valence-corrected chi connectivity index (χ4v) is 4.41. The van der Waals surface area contributed by atoms with Gasteiger partial charge >= 0.3 is 6.09 Å². The molecule has 0 aromatic heterocycles. The number of nitrogens with zero attached hydrogens (tertiary/aromatic N) is 2. The van der Waals surface area contributed by atoms with Crippen LogP contribution in [0.15, 0.2) is 30.3 Å². The SMILES string of the molecule is CC(C)(C)N1CC[C@H]([C@@H]2C[C@@H](OS(C)(=O)=O)CN2C(=O)OCc2ccccc2)O1. The second-order valence-corrected chi connectivity index (χ2v) is 10.2. The second kappa shape index (κ2) is 8.59. The number of hydrogen-bond donors (Lipinski definition) is 0. The van der Waals surface area contributed by atoms with Crippen LogP contribution in [-0.4, -0.2) is 67.6 Å². The molecule has 162 valence electrons. The number of carbonyl (C=O) groups excluding carboxylic acids is 1. The first kappa shape index (κ1) is 22.0. The number of likely N-dealkylation sites (tertiary alicyclic amines) is 1. The van der Waals surface area contributed by atoms with Gasteiger partial charge in [0, 0.05) is 12.1 Å². The van der Waals surface area contributed by atoms with E-state index in [1.165, 1.54) is 0 Å². The molecule has 1 aromatic rings. The summed E-state index contributed by atoms with van der Waals surface area (Å²) in [6.45, 7) is 7.23. The summed E-state index contributed by atoms with van der Waals surface area (Å²) < 4.78 is 33.8. The maximum Gasteiger partial charge on any atom is 0.410 e. The molecule has 1 amide bonds. The number of hydroxylamine groups is 2. The van der Waals surface area contributed by atoms with Crippen molar-refractivity contribution in [3.05, 3.63) is 35.9 Å². The molecule has 3 atom stereocenters. The molecule has 2 fully saturated rings. The van der Waals surface area contributed by atoms with Gasteiger partial charge in [-0.05, 0) is 39.2 Å². The quantitative estimate of drug-likeness (QED) is 0.669. The summed E-state index contributed by atoms with van der Waals surface area (Å²) in [5.41, 5.74) is 0.728. The van der Waals surface area contributed by atoms with Gasteiger partial charge in [0.2, 0.25) is 0 Å². The van der Waals surface area contributed by atoms with E-state index in [9.17, 15) is 13.2 Å². The van der Waals surface area contributed by atoms with E-state index >= 15 is 0 Å². The van der Waals surface area contributed by atoms with Crippen molar-refractivity contribution in [2.75, 3.05) is 19.3 Å². The van der Waals surface area contributed by atoms with Crippen molar-refractivity contribution in [2.45, 2.75) is 64.0 Å². The lowest BCUT2D eigenvalue weighted by atomic mass is 10.1. The van der Waals surface area contributed by atoms with Gasteiger partial charge in [0.25, 0.3) is 10.1 Å². The predicted molar refractivity (Wildman–Crippen MR) is 107 cm³/mol. The van der Waals surface area contributed by atoms with E-state index in [1.54, 1.807) is 4.90 Å². The van der Waals surface area contributed by atoms with Crippen molar-refractivity contribution >= 4 is 16.2 Å². The molecule has 0 bridgehead atoms. The molecule has 0 N–H and O–H groups in total. The highest BCUT2D eigenvalue weighted by Crippen LogP contribution is 2.33. The lowest BCUT2D eigenvalue weighted by Gasteiger charge is -2.33. The Morgan fingerprint density at radius 1 is 1.24 bits per heavy atom. The molecule has 0 spiro atoms. The third kappa shape index (κ3) is 5.91. The topological polar surface area (TPSA) is 85.4 Å². The summed E-state index contributed by atoms with van der Waals surface area (Å²) >= 11 is 0. The highest BCUT2D eigenvalue weighted by atomic mass is 32.2. The number of rotatable bonds is 5. The van der Waals surface area contributed by atoms with Gasteiger partial charge in [0.15, 0.2) is 0 Å². The molecule has 2 saturated heterocycles. The third-order valence-electron chi connectivity index (χ3n) is 5.11. The smallest absolute Gasteiger partial charge is 0.410 e. The Morgan fingerprint density at radius 3 is 2.52 bits per heavy atom. The van der Waals surface area contributed by atoms with E-state index in [-0.39, 0.29) is 30.8 Å². The van der Waals surface area contributed by atoms with Crippen LogP contribution >= 0.6 is 0 Å². The molecule has 0 saturated carbocycles. The highest BCUT2D eigenvalue weighted by molar-refractivity contribution is 7.86. The summed E-state index contributed by atoms with van der Waals surface area (Å²) in [4.78, 5) is 20.5. The van der Waals surface area contributed by atoms with E-state index in [1.807, 2.05) is 35.4 Å². The molecule has 29 heavy (non-hydrogen) atoms. The van der Waals surface area contributed by atoms with E-state index in [2.05, 4.69) is 20.8 Å². The minimum absolute atomic E-state index is 0.153. The average Bonchev–Trinajstić information content (AvgIpc) is 3.26. The molecule has 2 aliphatic heterocycles. The molecule has 8 nitrogen and oxygen atoms in total. The second-order valence-electron chi connectivity index (χ2n) is 8.62. The van der Waals surface area contributed by atoms with Gasteiger partial charge < -0.3 is 4.74 Å². The van der Waals surface area contributed by atoms with Crippen LogP contribution in [0.1, 0.15) is 39.2 Å². The molecule has 0 unspecified atom stereocenters. The molecule has 0 aliphatic carbocycles. The highest BCUT2D eigenvalue weighted by Gasteiger charge is 2.46. The molecule has 3 rings (SSSR count). The number of ether oxygens (including phenoxy) is 1. The first-order valence-electron chi connectivity index (χ1n) is 9.83. The fourth-order valence-electron chi connectivity index (χ4n) is 3.78. The zero-order valence-electron chi connectivity index (χ0n) is 17.4. The van der Waals surface area contributed by atoms with Crippen LogP contribution in [0.2, 0.25) is 0 Å². The summed E-state index contributed by atoms with van der Waals surface area (Å²) in [5, 5.41) is 1.91. The largest absolute Gasteiger partial charge is 0.445 e. The van der Waals surface area contributed by atoms with Crippen LogP contribution in [0.25, 0.3) is 0 Å². The first-order chi connectivity index (χ1) is 13.5.